The monoisotopic (exact) mass is 662 g/mol. The molecule has 4 aliphatic rings. The third-order valence-electron chi connectivity index (χ3n) is 9.67. The number of rotatable bonds is 12. The minimum Gasteiger partial charge on any atom is -0.486 e. The van der Waals surface area contributed by atoms with E-state index in [1.165, 1.54) is 4.90 Å². The van der Waals surface area contributed by atoms with Crippen LogP contribution < -0.4 is 10.5 Å². The average Bonchev–Trinajstić information content (AvgIpc) is 3.57. The number of hydrogen-bond donors (Lipinski definition) is 2. The first-order valence-corrected chi connectivity index (χ1v) is 16.5. The minimum absolute atomic E-state index is 0.0297. The summed E-state index contributed by atoms with van der Waals surface area (Å²) in [6.07, 6.45) is 0.781. The smallest absolute Gasteiger partial charge is 0.303 e. The zero-order valence-corrected chi connectivity index (χ0v) is 26.5. The van der Waals surface area contributed by atoms with Crippen molar-refractivity contribution in [3.8, 4) is 5.75 Å². The fourth-order valence-corrected chi connectivity index (χ4v) is 7.10. The van der Waals surface area contributed by atoms with E-state index in [0.29, 0.717) is 68.5 Å². The molecule has 0 radical (unpaired) electrons. The van der Waals surface area contributed by atoms with Gasteiger partial charge in [-0.15, -0.1) is 0 Å². The Bertz CT molecular complexity index is 1710. The van der Waals surface area contributed by atoms with Crippen LogP contribution in [0.5, 0.6) is 5.75 Å². The van der Waals surface area contributed by atoms with E-state index in [0.717, 1.165) is 29.5 Å². The van der Waals surface area contributed by atoms with Crippen molar-refractivity contribution < 1.29 is 42.8 Å². The van der Waals surface area contributed by atoms with Crippen LogP contribution in [0.2, 0.25) is 0 Å². The second-order valence-electron chi connectivity index (χ2n) is 13.1. The standard InChI is InChI=1S/C35H39FN4O8/c36-27-12-20(11-22-1-4-28(38-33(22)27)21-7-9-45-10-8-21)14-39-16-30(31(17-39)48-25-18-46-19-25)47-24-2-3-26-23(13-24)15-40(35(26)44)29(34(37)43)5-6-32(41)42/h1-4,11-13,21,25,29-31H,5-10,14-19H2,(H2,37,43)(H,41,42)/t29-,30-,31-/m0/s1. The molecule has 0 unspecified atom stereocenters. The van der Waals surface area contributed by atoms with Crippen LogP contribution in [0.4, 0.5) is 4.39 Å². The molecule has 0 aliphatic carbocycles. The van der Waals surface area contributed by atoms with E-state index < -0.39 is 17.9 Å². The number of hydrogen-bond acceptors (Lipinski definition) is 9. The summed E-state index contributed by atoms with van der Waals surface area (Å²) < 4.78 is 39.0. The van der Waals surface area contributed by atoms with Gasteiger partial charge in [0.2, 0.25) is 5.91 Å². The van der Waals surface area contributed by atoms with Gasteiger partial charge < -0.3 is 34.7 Å². The Labute approximate surface area is 276 Å². The van der Waals surface area contributed by atoms with Crippen molar-refractivity contribution in [1.82, 2.24) is 14.8 Å². The van der Waals surface area contributed by atoms with Gasteiger partial charge in [-0.3, -0.25) is 19.3 Å². The lowest BCUT2D eigenvalue weighted by Crippen LogP contribution is -2.45. The molecule has 3 saturated heterocycles. The van der Waals surface area contributed by atoms with E-state index in [-0.39, 0.29) is 55.3 Å². The molecule has 2 amide bonds. The van der Waals surface area contributed by atoms with E-state index in [9.17, 15) is 14.4 Å². The first-order valence-electron chi connectivity index (χ1n) is 16.5. The maximum Gasteiger partial charge on any atom is 0.303 e. The fourth-order valence-electron chi connectivity index (χ4n) is 7.10. The topological polar surface area (TPSA) is 154 Å². The van der Waals surface area contributed by atoms with Crippen molar-refractivity contribution in [3.63, 3.8) is 0 Å². The summed E-state index contributed by atoms with van der Waals surface area (Å²) in [5.41, 5.74) is 8.75. The van der Waals surface area contributed by atoms with Crippen LogP contribution in [0.1, 0.15) is 58.8 Å². The molecule has 254 valence electrons. The molecule has 3 fully saturated rings. The Kier molecular flexibility index (Phi) is 9.27. The molecule has 5 heterocycles. The van der Waals surface area contributed by atoms with Gasteiger partial charge in [0.15, 0.2) is 0 Å². The van der Waals surface area contributed by atoms with Crippen LogP contribution in [-0.2, 0) is 36.9 Å². The minimum atomic E-state index is -1.07. The van der Waals surface area contributed by atoms with Crippen LogP contribution in [0, 0.1) is 5.82 Å². The highest BCUT2D eigenvalue weighted by Gasteiger charge is 2.40. The number of aliphatic carboxylic acids is 1. The highest BCUT2D eigenvalue weighted by atomic mass is 19.1. The third-order valence-corrected chi connectivity index (χ3v) is 9.67. The molecular formula is C35H39FN4O8. The second kappa shape index (κ2) is 13.7. The number of carboxylic acids is 1. The van der Waals surface area contributed by atoms with Gasteiger partial charge in [0.25, 0.3) is 5.91 Å². The molecule has 4 aliphatic heterocycles. The summed E-state index contributed by atoms with van der Waals surface area (Å²) in [5, 5.41) is 9.84. The van der Waals surface area contributed by atoms with Gasteiger partial charge >= 0.3 is 5.97 Å². The number of carbonyl (C=O) groups excluding carboxylic acids is 2. The van der Waals surface area contributed by atoms with Crippen molar-refractivity contribution in [1.29, 1.82) is 0 Å². The lowest BCUT2D eigenvalue weighted by molar-refractivity contribution is -0.163. The van der Waals surface area contributed by atoms with Gasteiger partial charge in [-0.2, -0.15) is 0 Å². The van der Waals surface area contributed by atoms with E-state index in [2.05, 4.69) is 4.90 Å². The predicted molar refractivity (Wildman–Crippen MR) is 170 cm³/mol. The number of likely N-dealkylation sites (tertiary alicyclic amines) is 1. The maximum atomic E-state index is 15.4. The Morgan fingerprint density at radius 3 is 2.58 bits per heavy atom. The number of halogens is 1. The number of benzene rings is 2. The molecule has 0 bridgehead atoms. The number of nitrogens with zero attached hydrogens (tertiary/aromatic N) is 3. The predicted octanol–water partition coefficient (Wildman–Crippen LogP) is 2.99. The number of pyridine rings is 1. The lowest BCUT2D eigenvalue weighted by atomic mass is 9.95. The number of carboxylic acid groups (broad SMARTS) is 1. The second-order valence-corrected chi connectivity index (χ2v) is 13.1. The molecule has 1 aromatic heterocycles. The summed E-state index contributed by atoms with van der Waals surface area (Å²) in [7, 11) is 0. The molecule has 3 atom stereocenters. The van der Waals surface area contributed by atoms with E-state index in [1.54, 1.807) is 24.3 Å². The molecular weight excluding hydrogens is 623 g/mol. The number of fused-ring (bicyclic) bond motifs is 2. The largest absolute Gasteiger partial charge is 0.486 e. The van der Waals surface area contributed by atoms with E-state index in [4.69, 9.17) is 34.8 Å². The van der Waals surface area contributed by atoms with E-state index >= 15 is 4.39 Å². The normalized spacial score (nSPS) is 22.5. The molecule has 7 rings (SSSR count). The van der Waals surface area contributed by atoms with Crippen LogP contribution in [0.25, 0.3) is 10.9 Å². The zero-order chi connectivity index (χ0) is 33.4. The summed E-state index contributed by atoms with van der Waals surface area (Å²) in [4.78, 5) is 44.5. The van der Waals surface area contributed by atoms with Gasteiger partial charge in [-0.05, 0) is 66.8 Å². The highest BCUT2D eigenvalue weighted by molar-refractivity contribution is 6.01. The first-order chi connectivity index (χ1) is 23.2. The van der Waals surface area contributed by atoms with Gasteiger partial charge in [0.05, 0.1) is 13.2 Å². The number of amides is 2. The Morgan fingerprint density at radius 1 is 1.06 bits per heavy atom. The number of nitrogens with two attached hydrogens (primary N) is 1. The van der Waals surface area contributed by atoms with Gasteiger partial charge in [-0.25, -0.2) is 9.37 Å². The Morgan fingerprint density at radius 2 is 1.85 bits per heavy atom. The van der Waals surface area contributed by atoms with Crippen LogP contribution >= 0.6 is 0 Å². The van der Waals surface area contributed by atoms with Crippen molar-refractivity contribution in [2.24, 2.45) is 5.73 Å². The molecule has 2 aromatic carbocycles. The molecule has 13 heteroatoms. The van der Waals surface area contributed by atoms with Gasteiger partial charge in [0.1, 0.15) is 41.4 Å². The van der Waals surface area contributed by atoms with Crippen LogP contribution in [-0.4, -0.2) is 102 Å². The highest BCUT2D eigenvalue weighted by Crippen LogP contribution is 2.32. The molecule has 0 saturated carbocycles. The number of primary amides is 1. The summed E-state index contributed by atoms with van der Waals surface area (Å²) in [6, 6.07) is 11.6. The first kappa shape index (κ1) is 32.4. The van der Waals surface area contributed by atoms with Gasteiger partial charge in [-0.1, -0.05) is 6.07 Å². The molecule has 0 spiro atoms. The van der Waals surface area contributed by atoms with E-state index in [1.807, 2.05) is 18.2 Å². The van der Waals surface area contributed by atoms with Crippen molar-refractivity contribution >= 4 is 28.7 Å². The number of carbonyl (C=O) groups is 3. The number of aromatic nitrogens is 1. The maximum absolute atomic E-state index is 15.4. The fraction of sp³-hybridized carbons (Fsp3) is 0.486. The molecule has 3 aromatic rings. The SMILES string of the molecule is NC(=O)[C@H](CCC(=O)O)N1Cc2cc(O[C@H]3CN(Cc4cc(F)c5nc(C6CCOCC6)ccc5c4)C[C@@H]3OC3COC3)ccc2C1=O. The Balaban J connectivity index is 1.05. The van der Waals surface area contributed by atoms with Crippen LogP contribution in [0.3, 0.4) is 0 Å². The molecule has 12 nitrogen and oxygen atoms in total. The molecule has 3 N–H and O–H groups in total. The third kappa shape index (κ3) is 6.86. The van der Waals surface area contributed by atoms with Crippen molar-refractivity contribution in [2.45, 2.75) is 69.0 Å². The Hall–Kier alpha value is -4.17. The quantitative estimate of drug-likeness (QED) is 0.296. The van der Waals surface area contributed by atoms with Crippen molar-refractivity contribution in [2.75, 3.05) is 39.5 Å². The average molecular weight is 663 g/mol. The van der Waals surface area contributed by atoms with Crippen molar-refractivity contribution in [3.05, 3.63) is 70.7 Å². The lowest BCUT2D eigenvalue weighted by Gasteiger charge is -2.31. The molecule has 48 heavy (non-hydrogen) atoms. The summed E-state index contributed by atoms with van der Waals surface area (Å²) >= 11 is 0. The summed E-state index contributed by atoms with van der Waals surface area (Å²) in [6.45, 7) is 4.14. The zero-order valence-electron chi connectivity index (χ0n) is 26.5. The number of ether oxygens (including phenoxy) is 4. The summed E-state index contributed by atoms with van der Waals surface area (Å²) in [5.74, 6) is -1.71. The van der Waals surface area contributed by atoms with Crippen LogP contribution in [0.15, 0.2) is 42.5 Å². The van der Waals surface area contributed by atoms with Gasteiger partial charge in [0, 0.05) is 68.4 Å².